The molecule has 0 radical (unpaired) electrons. The molecular formula is C24H27N2O2+. The molecule has 28 heavy (non-hydrogen) atoms. The highest BCUT2D eigenvalue weighted by Crippen LogP contribution is 2.22. The summed E-state index contributed by atoms with van der Waals surface area (Å²) in [6.07, 6.45) is 2.64. The zero-order valence-electron chi connectivity index (χ0n) is 16.3. The number of hydrogen-bond acceptors (Lipinski definition) is 2. The zero-order chi connectivity index (χ0) is 19.3. The molecule has 4 rings (SSSR count). The Hall–Kier alpha value is -2.85. The van der Waals surface area contributed by atoms with Crippen molar-refractivity contribution in [2.45, 2.75) is 25.9 Å². The molecule has 3 aromatic rings. The van der Waals surface area contributed by atoms with Gasteiger partial charge in [-0.05, 0) is 40.6 Å². The average Bonchev–Trinajstić information content (AvgIpc) is 3.25. The summed E-state index contributed by atoms with van der Waals surface area (Å²) in [5.74, 6) is 0.780. The molecule has 4 heteroatoms. The summed E-state index contributed by atoms with van der Waals surface area (Å²) in [4.78, 5) is 14.3. The van der Waals surface area contributed by atoms with E-state index in [0.29, 0.717) is 12.1 Å². The lowest BCUT2D eigenvalue weighted by molar-refractivity contribution is -0.901. The van der Waals surface area contributed by atoms with Gasteiger partial charge in [0.1, 0.15) is 12.3 Å². The SMILES string of the molecule is COc1ccc2cc(C(=O)NCc3ccccc3C[NH+]3CCCC3)ccc2c1. The van der Waals surface area contributed by atoms with Gasteiger partial charge in [0.25, 0.3) is 5.91 Å². The highest BCUT2D eigenvalue weighted by molar-refractivity contribution is 5.98. The van der Waals surface area contributed by atoms with E-state index >= 15 is 0 Å². The minimum Gasteiger partial charge on any atom is -0.497 e. The van der Waals surface area contributed by atoms with E-state index in [9.17, 15) is 4.79 Å². The Morgan fingerprint density at radius 2 is 1.68 bits per heavy atom. The lowest BCUT2D eigenvalue weighted by Gasteiger charge is -2.15. The number of hydrogen-bond donors (Lipinski definition) is 2. The monoisotopic (exact) mass is 375 g/mol. The van der Waals surface area contributed by atoms with Gasteiger partial charge in [-0.3, -0.25) is 4.79 Å². The molecule has 1 amide bonds. The van der Waals surface area contributed by atoms with Crippen molar-refractivity contribution < 1.29 is 14.4 Å². The van der Waals surface area contributed by atoms with Crippen molar-refractivity contribution in [3.05, 3.63) is 77.4 Å². The van der Waals surface area contributed by atoms with Crippen LogP contribution < -0.4 is 15.0 Å². The van der Waals surface area contributed by atoms with E-state index in [2.05, 4.69) is 23.5 Å². The Balaban J connectivity index is 1.45. The van der Waals surface area contributed by atoms with Crippen LogP contribution in [0.25, 0.3) is 10.8 Å². The molecule has 1 heterocycles. The molecule has 2 N–H and O–H groups in total. The third kappa shape index (κ3) is 4.18. The number of quaternary nitrogens is 1. The molecule has 1 fully saturated rings. The fourth-order valence-electron chi connectivity index (χ4n) is 3.99. The van der Waals surface area contributed by atoms with E-state index in [1.165, 1.54) is 37.1 Å². The number of fused-ring (bicyclic) bond motifs is 1. The molecular weight excluding hydrogens is 348 g/mol. The molecule has 0 unspecified atom stereocenters. The number of rotatable bonds is 6. The van der Waals surface area contributed by atoms with Crippen LogP contribution in [0.4, 0.5) is 0 Å². The van der Waals surface area contributed by atoms with Crippen LogP contribution in [0.5, 0.6) is 5.75 Å². The zero-order valence-corrected chi connectivity index (χ0v) is 16.3. The molecule has 144 valence electrons. The molecule has 1 aliphatic rings. The first-order chi connectivity index (χ1) is 13.7. The number of benzene rings is 3. The fourth-order valence-corrected chi connectivity index (χ4v) is 3.99. The van der Waals surface area contributed by atoms with Crippen molar-refractivity contribution >= 4 is 16.7 Å². The third-order valence-corrected chi connectivity index (χ3v) is 5.62. The molecule has 3 aromatic carbocycles. The van der Waals surface area contributed by atoms with Crippen molar-refractivity contribution in [3.8, 4) is 5.75 Å². The first kappa shape index (κ1) is 18.5. The molecule has 0 saturated carbocycles. The van der Waals surface area contributed by atoms with Crippen LogP contribution in [0, 0.1) is 0 Å². The first-order valence-corrected chi connectivity index (χ1v) is 9.99. The summed E-state index contributed by atoms with van der Waals surface area (Å²) in [6.45, 7) is 4.11. The molecule has 1 saturated heterocycles. The lowest BCUT2D eigenvalue weighted by Crippen LogP contribution is -3.08. The summed E-state index contributed by atoms with van der Waals surface area (Å²) in [6, 6.07) is 20.1. The largest absolute Gasteiger partial charge is 0.497 e. The number of methoxy groups -OCH3 is 1. The van der Waals surface area contributed by atoms with E-state index in [1.807, 2.05) is 42.5 Å². The standard InChI is InChI=1S/C24H26N2O2/c1-28-23-11-10-18-14-20(9-8-19(18)15-23)24(27)25-16-21-6-2-3-7-22(21)17-26-12-4-5-13-26/h2-3,6-11,14-15H,4-5,12-13,16-17H2,1H3,(H,25,27)/p+1. The summed E-state index contributed by atoms with van der Waals surface area (Å²) in [5, 5.41) is 5.19. The van der Waals surface area contributed by atoms with Gasteiger partial charge in [-0.25, -0.2) is 0 Å². The maximum absolute atomic E-state index is 12.7. The van der Waals surface area contributed by atoms with Crippen molar-refractivity contribution in [3.63, 3.8) is 0 Å². The van der Waals surface area contributed by atoms with E-state index in [4.69, 9.17) is 4.74 Å². The van der Waals surface area contributed by atoms with Gasteiger partial charge in [-0.1, -0.05) is 36.4 Å². The predicted octanol–water partition coefficient (Wildman–Crippen LogP) is 2.96. The minimum atomic E-state index is -0.0407. The number of nitrogens with one attached hydrogen (secondary N) is 2. The van der Waals surface area contributed by atoms with Gasteiger partial charge in [-0.2, -0.15) is 0 Å². The van der Waals surface area contributed by atoms with Gasteiger partial charge in [0.15, 0.2) is 0 Å². The number of amides is 1. The van der Waals surface area contributed by atoms with Crippen LogP contribution in [0.1, 0.15) is 34.3 Å². The van der Waals surface area contributed by atoms with Crippen LogP contribution in [0.15, 0.2) is 60.7 Å². The Labute approximate surface area is 166 Å². The highest BCUT2D eigenvalue weighted by Gasteiger charge is 2.17. The van der Waals surface area contributed by atoms with E-state index in [0.717, 1.165) is 23.1 Å². The Bertz CT molecular complexity index is 977. The smallest absolute Gasteiger partial charge is 0.251 e. The van der Waals surface area contributed by atoms with E-state index < -0.39 is 0 Å². The summed E-state index contributed by atoms with van der Waals surface area (Å²) in [7, 11) is 1.66. The van der Waals surface area contributed by atoms with Gasteiger partial charge in [0.05, 0.1) is 20.2 Å². The Morgan fingerprint density at radius 3 is 2.46 bits per heavy atom. The van der Waals surface area contributed by atoms with Crippen LogP contribution in [0.2, 0.25) is 0 Å². The quantitative estimate of drug-likeness (QED) is 0.696. The lowest BCUT2D eigenvalue weighted by atomic mass is 10.1. The second-order valence-corrected chi connectivity index (χ2v) is 7.51. The highest BCUT2D eigenvalue weighted by atomic mass is 16.5. The fraction of sp³-hybridized carbons (Fsp3) is 0.292. The van der Waals surface area contributed by atoms with Gasteiger partial charge in [0, 0.05) is 30.5 Å². The van der Waals surface area contributed by atoms with E-state index in [1.54, 1.807) is 12.0 Å². The van der Waals surface area contributed by atoms with Gasteiger partial charge >= 0.3 is 0 Å². The second kappa shape index (κ2) is 8.44. The normalized spacial score (nSPS) is 14.3. The molecule has 4 nitrogen and oxygen atoms in total. The Morgan fingerprint density at radius 1 is 0.964 bits per heavy atom. The van der Waals surface area contributed by atoms with E-state index in [-0.39, 0.29) is 5.91 Å². The first-order valence-electron chi connectivity index (χ1n) is 9.99. The predicted molar refractivity (Wildman–Crippen MR) is 112 cm³/mol. The molecule has 0 atom stereocenters. The van der Waals surface area contributed by atoms with Crippen molar-refractivity contribution in [1.29, 1.82) is 0 Å². The molecule has 1 aliphatic heterocycles. The molecule has 0 bridgehead atoms. The molecule has 0 spiro atoms. The van der Waals surface area contributed by atoms with Gasteiger partial charge < -0.3 is 15.0 Å². The summed E-state index contributed by atoms with van der Waals surface area (Å²) in [5.41, 5.74) is 3.23. The topological polar surface area (TPSA) is 42.8 Å². The van der Waals surface area contributed by atoms with Crippen LogP contribution >= 0.6 is 0 Å². The van der Waals surface area contributed by atoms with Crippen LogP contribution in [-0.2, 0) is 13.1 Å². The molecule has 0 aliphatic carbocycles. The van der Waals surface area contributed by atoms with Gasteiger partial charge in [0.2, 0.25) is 0 Å². The average molecular weight is 375 g/mol. The second-order valence-electron chi connectivity index (χ2n) is 7.51. The maximum Gasteiger partial charge on any atom is 0.251 e. The van der Waals surface area contributed by atoms with Crippen molar-refractivity contribution in [2.24, 2.45) is 0 Å². The van der Waals surface area contributed by atoms with Gasteiger partial charge in [-0.15, -0.1) is 0 Å². The number of carbonyl (C=O) groups is 1. The summed E-state index contributed by atoms with van der Waals surface area (Å²) >= 11 is 0. The van der Waals surface area contributed by atoms with Crippen molar-refractivity contribution in [1.82, 2.24) is 5.32 Å². The summed E-state index contributed by atoms with van der Waals surface area (Å²) < 4.78 is 5.27. The van der Waals surface area contributed by atoms with Crippen molar-refractivity contribution in [2.75, 3.05) is 20.2 Å². The van der Waals surface area contributed by atoms with Crippen LogP contribution in [-0.4, -0.2) is 26.1 Å². The molecule has 0 aromatic heterocycles. The maximum atomic E-state index is 12.7. The number of likely N-dealkylation sites (tertiary alicyclic amines) is 1. The van der Waals surface area contributed by atoms with Crippen LogP contribution in [0.3, 0.4) is 0 Å². The third-order valence-electron chi connectivity index (χ3n) is 5.62. The number of carbonyl (C=O) groups excluding carboxylic acids is 1. The minimum absolute atomic E-state index is 0.0407. The Kier molecular flexibility index (Phi) is 5.58. The number of ether oxygens (including phenoxy) is 1.